The van der Waals surface area contributed by atoms with Crippen molar-refractivity contribution in [3.8, 4) is 11.5 Å². The number of benzene rings is 1. The second-order valence-electron chi connectivity index (χ2n) is 6.06. The summed E-state index contributed by atoms with van der Waals surface area (Å²) in [5, 5.41) is 13.5. The average Bonchev–Trinajstić information content (AvgIpc) is 3.05. The zero-order chi connectivity index (χ0) is 15.7. The Morgan fingerprint density at radius 2 is 2.00 bits per heavy atom. The summed E-state index contributed by atoms with van der Waals surface area (Å²) in [6.45, 7) is 0. The molecule has 24 heavy (non-hydrogen) atoms. The third-order valence-corrected chi connectivity index (χ3v) is 4.50. The molecule has 0 aliphatic heterocycles. The fourth-order valence-corrected chi connectivity index (χ4v) is 3.18. The number of hydrogen-bond donors (Lipinski definition) is 0. The zero-order valence-corrected chi connectivity index (χ0v) is 12.5. The maximum Gasteiger partial charge on any atom is 0.230 e. The van der Waals surface area contributed by atoms with Crippen molar-refractivity contribution in [2.75, 3.05) is 0 Å². The lowest BCUT2D eigenvalue weighted by Gasteiger charge is -2.05. The van der Waals surface area contributed by atoms with Gasteiger partial charge in [-0.25, -0.2) is 4.98 Å². The molecule has 0 amide bonds. The standard InChI is InChI=1S/C16H11N7O/c1-2-4-11-10(3-1)14-20-18-8-23(14)16-12(17-7-22(11)16)13-19-15(24-21-13)9-5-6-9/h1-4,7-9H,5-6H2. The molecule has 1 aliphatic carbocycles. The minimum atomic E-state index is 0.413. The molecule has 0 spiro atoms. The summed E-state index contributed by atoms with van der Waals surface area (Å²) in [5.74, 6) is 1.62. The fraction of sp³-hybridized carbons (Fsp3) is 0.188. The molecule has 4 heterocycles. The predicted octanol–water partition coefficient (Wildman–Crippen LogP) is 2.46. The van der Waals surface area contributed by atoms with E-state index in [2.05, 4.69) is 25.3 Å². The van der Waals surface area contributed by atoms with E-state index in [4.69, 9.17) is 4.52 Å². The van der Waals surface area contributed by atoms with Crippen molar-refractivity contribution in [2.24, 2.45) is 0 Å². The van der Waals surface area contributed by atoms with Gasteiger partial charge in [0.05, 0.1) is 5.52 Å². The molecule has 6 rings (SSSR count). The van der Waals surface area contributed by atoms with Crippen molar-refractivity contribution in [3.63, 3.8) is 0 Å². The van der Waals surface area contributed by atoms with Gasteiger partial charge in [0.2, 0.25) is 11.7 Å². The van der Waals surface area contributed by atoms with Gasteiger partial charge in [-0.3, -0.25) is 8.80 Å². The number of rotatable bonds is 2. The molecule has 0 unspecified atom stereocenters. The molecular formula is C16H11N7O. The second-order valence-corrected chi connectivity index (χ2v) is 6.06. The Bertz CT molecular complexity index is 1230. The van der Waals surface area contributed by atoms with Crippen LogP contribution in [0.5, 0.6) is 0 Å². The van der Waals surface area contributed by atoms with Gasteiger partial charge in [-0.2, -0.15) is 4.98 Å². The number of aromatic nitrogens is 7. The maximum atomic E-state index is 5.39. The zero-order valence-electron chi connectivity index (χ0n) is 12.5. The second kappa shape index (κ2) is 4.16. The maximum absolute atomic E-state index is 5.39. The quantitative estimate of drug-likeness (QED) is 0.497. The lowest BCUT2D eigenvalue weighted by molar-refractivity contribution is 0.380. The van der Waals surface area contributed by atoms with Gasteiger partial charge >= 0.3 is 0 Å². The number of imidazole rings is 1. The highest BCUT2D eigenvalue weighted by molar-refractivity contribution is 5.95. The van der Waals surface area contributed by atoms with E-state index in [1.54, 1.807) is 12.7 Å². The van der Waals surface area contributed by atoms with Crippen LogP contribution < -0.4 is 0 Å². The smallest absolute Gasteiger partial charge is 0.230 e. The van der Waals surface area contributed by atoms with E-state index in [1.807, 2.05) is 33.1 Å². The average molecular weight is 317 g/mol. The summed E-state index contributed by atoms with van der Waals surface area (Å²) in [6.07, 6.45) is 5.70. The molecule has 0 N–H and O–H groups in total. The molecule has 1 saturated carbocycles. The first-order valence-electron chi connectivity index (χ1n) is 7.81. The van der Waals surface area contributed by atoms with Crippen LogP contribution in [0.3, 0.4) is 0 Å². The van der Waals surface area contributed by atoms with Crippen LogP contribution in [0.4, 0.5) is 0 Å². The minimum Gasteiger partial charge on any atom is -0.339 e. The Hall–Kier alpha value is -3.29. The molecule has 8 heteroatoms. The van der Waals surface area contributed by atoms with Crippen molar-refractivity contribution < 1.29 is 4.52 Å². The van der Waals surface area contributed by atoms with Crippen LogP contribution in [0.1, 0.15) is 24.7 Å². The number of hydrogen-bond acceptors (Lipinski definition) is 6. The van der Waals surface area contributed by atoms with Crippen LogP contribution in [0.2, 0.25) is 0 Å². The lowest BCUT2D eigenvalue weighted by atomic mass is 10.2. The molecular weight excluding hydrogens is 306 g/mol. The van der Waals surface area contributed by atoms with Crippen LogP contribution in [0.25, 0.3) is 33.7 Å². The predicted molar refractivity (Wildman–Crippen MR) is 84.5 cm³/mol. The Morgan fingerprint density at radius 3 is 2.92 bits per heavy atom. The Balaban J connectivity index is 1.73. The van der Waals surface area contributed by atoms with E-state index in [-0.39, 0.29) is 0 Å². The highest BCUT2D eigenvalue weighted by Gasteiger charge is 2.30. The monoisotopic (exact) mass is 317 g/mol. The van der Waals surface area contributed by atoms with E-state index in [0.717, 1.165) is 35.0 Å². The van der Waals surface area contributed by atoms with E-state index in [1.165, 1.54) is 0 Å². The SMILES string of the molecule is c1ccc2c(c1)c1nncn1c1c(-c3noc(C4CC4)n3)ncn21. The first-order valence-corrected chi connectivity index (χ1v) is 7.81. The van der Waals surface area contributed by atoms with Gasteiger partial charge in [0.1, 0.15) is 12.7 Å². The van der Waals surface area contributed by atoms with Crippen LogP contribution in [-0.4, -0.2) is 34.1 Å². The van der Waals surface area contributed by atoms with Crippen molar-refractivity contribution in [2.45, 2.75) is 18.8 Å². The summed E-state index contributed by atoms with van der Waals surface area (Å²) in [5.41, 5.74) is 3.29. The van der Waals surface area contributed by atoms with Gasteiger partial charge in [0.25, 0.3) is 0 Å². The summed E-state index contributed by atoms with van der Waals surface area (Å²) < 4.78 is 9.31. The van der Waals surface area contributed by atoms with E-state index in [0.29, 0.717) is 23.3 Å². The van der Waals surface area contributed by atoms with Crippen molar-refractivity contribution in [3.05, 3.63) is 42.8 Å². The molecule has 1 aliphatic rings. The first kappa shape index (κ1) is 12.2. The molecule has 8 nitrogen and oxygen atoms in total. The Morgan fingerprint density at radius 1 is 1.08 bits per heavy atom. The van der Waals surface area contributed by atoms with Crippen molar-refractivity contribution in [1.82, 2.24) is 34.1 Å². The molecule has 0 radical (unpaired) electrons. The highest BCUT2D eigenvalue weighted by atomic mass is 16.5. The summed E-state index contributed by atoms with van der Waals surface area (Å²) in [4.78, 5) is 9.07. The Kier molecular flexibility index (Phi) is 2.11. The van der Waals surface area contributed by atoms with Crippen LogP contribution in [0.15, 0.2) is 41.4 Å². The first-order chi connectivity index (χ1) is 11.9. The normalized spacial score (nSPS) is 15.0. The van der Waals surface area contributed by atoms with Crippen LogP contribution in [-0.2, 0) is 0 Å². The fourth-order valence-electron chi connectivity index (χ4n) is 3.18. The number of para-hydroxylation sites is 1. The summed E-state index contributed by atoms with van der Waals surface area (Å²) in [6, 6.07) is 8.04. The topological polar surface area (TPSA) is 86.4 Å². The van der Waals surface area contributed by atoms with Gasteiger partial charge < -0.3 is 4.52 Å². The van der Waals surface area contributed by atoms with E-state index < -0.39 is 0 Å². The minimum absolute atomic E-state index is 0.413. The highest BCUT2D eigenvalue weighted by Crippen LogP contribution is 2.39. The van der Waals surface area contributed by atoms with Gasteiger partial charge in [0.15, 0.2) is 17.0 Å². The lowest BCUT2D eigenvalue weighted by Crippen LogP contribution is -1.97. The van der Waals surface area contributed by atoms with Crippen LogP contribution in [0, 0.1) is 0 Å². The molecule has 0 saturated heterocycles. The summed E-state index contributed by atoms with van der Waals surface area (Å²) in [7, 11) is 0. The van der Waals surface area contributed by atoms with Crippen LogP contribution >= 0.6 is 0 Å². The van der Waals surface area contributed by atoms with E-state index >= 15 is 0 Å². The van der Waals surface area contributed by atoms with Gasteiger partial charge in [-0.1, -0.05) is 17.3 Å². The Labute approximate surface area is 134 Å². The molecule has 1 aromatic carbocycles. The molecule has 116 valence electrons. The largest absolute Gasteiger partial charge is 0.339 e. The number of nitrogens with zero attached hydrogens (tertiary/aromatic N) is 7. The molecule has 1 fully saturated rings. The third-order valence-electron chi connectivity index (χ3n) is 4.50. The molecule has 5 aromatic rings. The molecule has 0 atom stereocenters. The van der Waals surface area contributed by atoms with Gasteiger partial charge in [0, 0.05) is 11.3 Å². The van der Waals surface area contributed by atoms with Crippen molar-refractivity contribution >= 4 is 22.2 Å². The summed E-state index contributed by atoms with van der Waals surface area (Å²) >= 11 is 0. The van der Waals surface area contributed by atoms with E-state index in [9.17, 15) is 0 Å². The van der Waals surface area contributed by atoms with Gasteiger partial charge in [-0.05, 0) is 25.0 Å². The van der Waals surface area contributed by atoms with Crippen molar-refractivity contribution in [1.29, 1.82) is 0 Å². The molecule has 0 bridgehead atoms. The third kappa shape index (κ3) is 1.49. The molecule has 4 aromatic heterocycles. The van der Waals surface area contributed by atoms with Gasteiger partial charge in [-0.15, -0.1) is 10.2 Å². The number of fused-ring (bicyclic) bond motifs is 6.